The molecule has 1 unspecified atom stereocenters. The highest BCUT2D eigenvalue weighted by Crippen LogP contribution is 2.09. The number of hydrogen-bond donors (Lipinski definition) is 1. The summed E-state index contributed by atoms with van der Waals surface area (Å²) in [6, 6.07) is 4.92. The maximum atomic E-state index is 12.8. The first kappa shape index (κ1) is 17.3. The smallest absolute Gasteiger partial charge is 0.234 e. The van der Waals surface area contributed by atoms with E-state index in [1.54, 1.807) is 26.0 Å². The maximum Gasteiger partial charge on any atom is 0.234 e. The number of hydrogen-bond acceptors (Lipinski definition) is 4. The van der Waals surface area contributed by atoms with Gasteiger partial charge in [-0.25, -0.2) is 4.39 Å². The van der Waals surface area contributed by atoms with Crippen molar-refractivity contribution >= 4 is 11.7 Å². The van der Waals surface area contributed by atoms with E-state index in [-0.39, 0.29) is 24.1 Å². The number of ketones is 1. The highest BCUT2D eigenvalue weighted by Gasteiger charge is 2.21. The molecule has 21 heavy (non-hydrogen) atoms. The number of carbonyl (C=O) groups excluding carboxylic acids is 2. The topological polar surface area (TPSA) is 58.6 Å². The first-order valence-corrected chi connectivity index (χ1v) is 6.71. The number of Topliss-reactive ketones (excluding diaryl/α,β-unsaturated/α-hetero) is 1. The van der Waals surface area contributed by atoms with Gasteiger partial charge in [0.2, 0.25) is 5.91 Å². The Labute approximate surface area is 124 Å². The molecule has 0 saturated heterocycles. The number of amides is 1. The van der Waals surface area contributed by atoms with Crippen LogP contribution < -0.4 is 5.32 Å². The molecule has 0 aliphatic rings. The van der Waals surface area contributed by atoms with Gasteiger partial charge in [0.15, 0.2) is 5.78 Å². The van der Waals surface area contributed by atoms with E-state index in [1.807, 2.05) is 0 Å². The molecular weight excluding hydrogens is 275 g/mol. The molecule has 6 heteroatoms. The Kier molecular flexibility index (Phi) is 6.98. The number of ether oxygens (including phenoxy) is 1. The minimum Gasteiger partial charge on any atom is -0.383 e. The monoisotopic (exact) mass is 296 g/mol. The molecule has 0 aliphatic carbocycles. The van der Waals surface area contributed by atoms with E-state index >= 15 is 0 Å². The number of carbonyl (C=O) groups is 2. The summed E-state index contributed by atoms with van der Waals surface area (Å²) in [7, 11) is 3.25. The molecule has 0 saturated carbocycles. The Morgan fingerprint density at radius 3 is 2.52 bits per heavy atom. The van der Waals surface area contributed by atoms with Crippen molar-refractivity contribution in [1.82, 2.24) is 10.2 Å². The van der Waals surface area contributed by atoms with E-state index in [0.717, 1.165) is 0 Å². The average molecular weight is 296 g/mol. The molecule has 1 atom stereocenters. The third-order valence-electron chi connectivity index (χ3n) is 3.19. The number of nitrogens with one attached hydrogen (secondary N) is 1. The molecule has 1 amide bonds. The summed E-state index contributed by atoms with van der Waals surface area (Å²) < 4.78 is 17.7. The normalized spacial score (nSPS) is 12.2. The van der Waals surface area contributed by atoms with Gasteiger partial charge in [-0.3, -0.25) is 14.5 Å². The summed E-state index contributed by atoms with van der Waals surface area (Å²) in [4.78, 5) is 25.5. The lowest BCUT2D eigenvalue weighted by Crippen LogP contribution is -2.43. The molecule has 0 fully saturated rings. The third kappa shape index (κ3) is 5.61. The minimum absolute atomic E-state index is 0.109. The molecule has 0 spiro atoms. The molecule has 1 rings (SSSR count). The Morgan fingerprint density at radius 2 is 1.95 bits per heavy atom. The molecule has 0 aliphatic heterocycles. The fourth-order valence-electron chi connectivity index (χ4n) is 1.77. The molecular formula is C15H21FN2O3. The summed E-state index contributed by atoms with van der Waals surface area (Å²) in [5, 5.41) is 2.69. The fraction of sp³-hybridized carbons (Fsp3) is 0.467. The van der Waals surface area contributed by atoms with Crippen LogP contribution in [0.15, 0.2) is 24.3 Å². The summed E-state index contributed by atoms with van der Waals surface area (Å²) in [6.07, 6.45) is 0. The predicted octanol–water partition coefficient (Wildman–Crippen LogP) is 1.09. The number of methoxy groups -OCH3 is 1. The Morgan fingerprint density at radius 1 is 1.33 bits per heavy atom. The fourth-order valence-corrected chi connectivity index (χ4v) is 1.77. The second-order valence-corrected chi connectivity index (χ2v) is 4.80. The van der Waals surface area contributed by atoms with E-state index < -0.39 is 6.04 Å². The van der Waals surface area contributed by atoms with Gasteiger partial charge in [0.05, 0.1) is 19.2 Å². The lowest BCUT2D eigenvalue weighted by molar-refractivity contribution is -0.122. The molecule has 1 N–H and O–H groups in total. The van der Waals surface area contributed by atoms with Gasteiger partial charge in [-0.05, 0) is 38.2 Å². The van der Waals surface area contributed by atoms with Gasteiger partial charge < -0.3 is 10.1 Å². The van der Waals surface area contributed by atoms with Crippen LogP contribution in [0, 0.1) is 5.82 Å². The molecule has 0 bridgehead atoms. The lowest BCUT2D eigenvalue weighted by Gasteiger charge is -2.23. The number of likely N-dealkylation sites (N-methyl/N-ethyl adjacent to an activating group) is 1. The first-order valence-electron chi connectivity index (χ1n) is 6.71. The van der Waals surface area contributed by atoms with Crippen LogP contribution in [0.5, 0.6) is 0 Å². The van der Waals surface area contributed by atoms with Gasteiger partial charge in [0.25, 0.3) is 0 Å². The standard InChI is InChI=1S/C15H21FN2O3/c1-11(15(20)12-4-6-13(16)7-5-12)18(2)10-14(19)17-8-9-21-3/h4-7,11H,8-10H2,1-3H3,(H,17,19). The van der Waals surface area contributed by atoms with Crippen LogP contribution in [0.4, 0.5) is 4.39 Å². The molecule has 5 nitrogen and oxygen atoms in total. The lowest BCUT2D eigenvalue weighted by atomic mass is 10.0. The maximum absolute atomic E-state index is 12.8. The summed E-state index contributed by atoms with van der Waals surface area (Å²) in [5.41, 5.74) is 0.426. The molecule has 0 aromatic heterocycles. The van der Waals surface area contributed by atoms with Crippen molar-refractivity contribution in [2.75, 3.05) is 33.9 Å². The van der Waals surface area contributed by atoms with E-state index in [2.05, 4.69) is 5.32 Å². The van der Waals surface area contributed by atoms with Crippen molar-refractivity contribution in [3.05, 3.63) is 35.6 Å². The van der Waals surface area contributed by atoms with Crippen LogP contribution in [0.3, 0.4) is 0 Å². The number of rotatable bonds is 8. The quantitative estimate of drug-likeness (QED) is 0.576. The van der Waals surface area contributed by atoms with Crippen molar-refractivity contribution in [3.63, 3.8) is 0 Å². The second-order valence-electron chi connectivity index (χ2n) is 4.80. The zero-order valence-corrected chi connectivity index (χ0v) is 12.6. The Balaban J connectivity index is 2.53. The average Bonchev–Trinajstić information content (AvgIpc) is 2.46. The predicted molar refractivity (Wildman–Crippen MR) is 77.7 cm³/mol. The van der Waals surface area contributed by atoms with Crippen molar-refractivity contribution < 1.29 is 18.7 Å². The van der Waals surface area contributed by atoms with E-state index in [9.17, 15) is 14.0 Å². The molecule has 0 radical (unpaired) electrons. The zero-order chi connectivity index (χ0) is 15.8. The molecule has 116 valence electrons. The van der Waals surface area contributed by atoms with Gasteiger partial charge in [-0.2, -0.15) is 0 Å². The van der Waals surface area contributed by atoms with Crippen LogP contribution in [0.1, 0.15) is 17.3 Å². The van der Waals surface area contributed by atoms with Gasteiger partial charge in [0, 0.05) is 19.2 Å². The summed E-state index contributed by atoms with van der Waals surface area (Å²) in [5.74, 6) is -0.708. The zero-order valence-electron chi connectivity index (χ0n) is 12.6. The first-order chi connectivity index (χ1) is 9.95. The van der Waals surface area contributed by atoms with Crippen LogP contribution in [-0.4, -0.2) is 56.5 Å². The molecule has 1 aromatic carbocycles. The Hall–Kier alpha value is -1.79. The Bertz CT molecular complexity index is 476. The van der Waals surface area contributed by atoms with Gasteiger partial charge in [-0.1, -0.05) is 0 Å². The van der Waals surface area contributed by atoms with Crippen LogP contribution in [0.25, 0.3) is 0 Å². The van der Waals surface area contributed by atoms with Gasteiger partial charge >= 0.3 is 0 Å². The SMILES string of the molecule is COCCNC(=O)CN(C)C(C)C(=O)c1ccc(F)cc1. The molecule has 1 aromatic rings. The highest BCUT2D eigenvalue weighted by molar-refractivity contribution is 6.00. The van der Waals surface area contributed by atoms with Gasteiger partial charge in [-0.15, -0.1) is 0 Å². The number of halogens is 1. The highest BCUT2D eigenvalue weighted by atomic mass is 19.1. The van der Waals surface area contributed by atoms with E-state index in [4.69, 9.17) is 4.74 Å². The van der Waals surface area contributed by atoms with Crippen molar-refractivity contribution in [3.8, 4) is 0 Å². The second kappa shape index (κ2) is 8.49. The van der Waals surface area contributed by atoms with E-state index in [1.165, 1.54) is 24.3 Å². The van der Waals surface area contributed by atoms with E-state index in [0.29, 0.717) is 18.7 Å². The minimum atomic E-state index is -0.469. The summed E-state index contributed by atoms with van der Waals surface area (Å²) >= 11 is 0. The van der Waals surface area contributed by atoms with Crippen molar-refractivity contribution in [2.45, 2.75) is 13.0 Å². The number of nitrogens with zero attached hydrogens (tertiary/aromatic N) is 1. The largest absolute Gasteiger partial charge is 0.383 e. The van der Waals surface area contributed by atoms with Crippen molar-refractivity contribution in [1.29, 1.82) is 0 Å². The number of benzene rings is 1. The molecule has 0 heterocycles. The summed E-state index contributed by atoms with van der Waals surface area (Å²) in [6.45, 7) is 2.70. The van der Waals surface area contributed by atoms with Crippen LogP contribution in [0.2, 0.25) is 0 Å². The van der Waals surface area contributed by atoms with Crippen molar-refractivity contribution in [2.24, 2.45) is 0 Å². The van der Waals surface area contributed by atoms with Crippen LogP contribution in [-0.2, 0) is 9.53 Å². The van der Waals surface area contributed by atoms with Crippen LogP contribution >= 0.6 is 0 Å². The third-order valence-corrected chi connectivity index (χ3v) is 3.19. The van der Waals surface area contributed by atoms with Gasteiger partial charge in [0.1, 0.15) is 5.82 Å².